The highest BCUT2D eigenvalue weighted by Crippen LogP contribution is 2.49. The molecule has 62 heavy (non-hydrogen) atoms. The highest BCUT2D eigenvalue weighted by Gasteiger charge is 2.44. The van der Waals surface area contributed by atoms with Crippen LogP contribution in [0.15, 0.2) is 0 Å². The summed E-state index contributed by atoms with van der Waals surface area (Å²) in [5.41, 5.74) is 0. The lowest BCUT2D eigenvalue weighted by molar-refractivity contribution is -0.0213. The van der Waals surface area contributed by atoms with E-state index in [2.05, 4.69) is 9.80 Å². The molecule has 10 aliphatic rings. The number of nitrogens with zero attached hydrogens (tertiary/aromatic N) is 2. The zero-order chi connectivity index (χ0) is 41.5. The van der Waals surface area contributed by atoms with Gasteiger partial charge in [0, 0.05) is 36.3 Å². The summed E-state index contributed by atoms with van der Waals surface area (Å²) in [7, 11) is 0. The Hall–Kier alpha value is -0.0800. The van der Waals surface area contributed by atoms with Crippen LogP contribution >= 0.6 is 0 Å². The lowest BCUT2D eigenvalue weighted by atomic mass is 9.68. The molecule has 0 aromatic heterocycles. The number of hydrogen-bond donors (Lipinski definition) is 0. The molecular formula is C60H104N2. The first-order valence-electron chi connectivity index (χ1n) is 30.3. The number of rotatable bonds is 11. The van der Waals surface area contributed by atoms with Crippen LogP contribution in [0.5, 0.6) is 0 Å². The lowest BCUT2D eigenvalue weighted by Gasteiger charge is -2.52. The van der Waals surface area contributed by atoms with Crippen LogP contribution in [0.3, 0.4) is 0 Å². The van der Waals surface area contributed by atoms with Gasteiger partial charge < -0.3 is 0 Å². The SMILES string of the molecule is C1CCC(C2CCC(N(C3CCC(C4CCCCC4)CC3)C3CCC(C4CCC(N(C5CCC(C6CCCCC6)CC5)C5CCC(C6CCCCC6)CC5)CC4)CC3)CC2)CC1. The van der Waals surface area contributed by atoms with Gasteiger partial charge in [0.05, 0.1) is 0 Å². The molecule has 10 saturated carbocycles. The normalized spacial score (nSPS) is 42.3. The molecular weight excluding hydrogens is 749 g/mol. The van der Waals surface area contributed by atoms with Crippen LogP contribution in [0.4, 0.5) is 0 Å². The minimum Gasteiger partial charge on any atom is -0.294 e. The van der Waals surface area contributed by atoms with E-state index in [4.69, 9.17) is 0 Å². The first-order valence-corrected chi connectivity index (χ1v) is 30.3. The van der Waals surface area contributed by atoms with Gasteiger partial charge in [-0.05, 0) is 213 Å². The lowest BCUT2D eigenvalue weighted by Crippen LogP contribution is -2.54. The minimum absolute atomic E-state index is 0.915. The van der Waals surface area contributed by atoms with Gasteiger partial charge in [-0.25, -0.2) is 0 Å². The topological polar surface area (TPSA) is 6.48 Å². The van der Waals surface area contributed by atoms with Gasteiger partial charge in [0.2, 0.25) is 0 Å². The molecule has 0 N–H and O–H groups in total. The smallest absolute Gasteiger partial charge is 0.0101 e. The van der Waals surface area contributed by atoms with Crippen LogP contribution < -0.4 is 0 Å². The summed E-state index contributed by atoms with van der Waals surface area (Å²) in [4.78, 5) is 6.70. The fourth-order valence-corrected chi connectivity index (χ4v) is 19.4. The summed E-state index contributed by atoms with van der Waals surface area (Å²) >= 11 is 0. The average Bonchev–Trinajstić information content (AvgIpc) is 3.36. The molecule has 0 spiro atoms. The Balaban J connectivity index is 0.746. The minimum atomic E-state index is 0.915. The zero-order valence-electron chi connectivity index (χ0n) is 41.2. The second-order valence-electron chi connectivity index (χ2n) is 25.9. The van der Waals surface area contributed by atoms with E-state index in [1.54, 1.807) is 205 Å². The molecule has 0 unspecified atom stereocenters. The van der Waals surface area contributed by atoms with E-state index < -0.39 is 0 Å². The van der Waals surface area contributed by atoms with E-state index >= 15 is 0 Å². The third kappa shape index (κ3) is 11.3. The largest absolute Gasteiger partial charge is 0.294 e. The Morgan fingerprint density at radius 3 is 0.403 bits per heavy atom. The summed E-state index contributed by atoms with van der Waals surface area (Å²) < 4.78 is 0. The molecule has 0 aliphatic heterocycles. The number of hydrogen-bond acceptors (Lipinski definition) is 2. The summed E-state index contributed by atoms with van der Waals surface area (Å²) in [5, 5.41) is 0. The molecule has 0 heterocycles. The molecule has 0 aromatic rings. The Bertz CT molecular complexity index is 1060. The van der Waals surface area contributed by atoms with Crippen molar-refractivity contribution in [1.82, 2.24) is 9.80 Å². The molecule has 0 amide bonds. The molecule has 0 bridgehead atoms. The van der Waals surface area contributed by atoms with Crippen LogP contribution in [0.25, 0.3) is 0 Å². The van der Waals surface area contributed by atoms with Crippen molar-refractivity contribution in [3.8, 4) is 0 Å². The van der Waals surface area contributed by atoms with Crippen molar-refractivity contribution in [1.29, 1.82) is 0 Å². The average molecular weight is 854 g/mol. The maximum absolute atomic E-state index is 3.35. The molecule has 2 heteroatoms. The van der Waals surface area contributed by atoms with Crippen molar-refractivity contribution in [2.24, 2.45) is 59.2 Å². The van der Waals surface area contributed by atoms with Gasteiger partial charge in [0.15, 0.2) is 0 Å². The van der Waals surface area contributed by atoms with E-state index in [0.29, 0.717) is 0 Å². The van der Waals surface area contributed by atoms with Crippen molar-refractivity contribution >= 4 is 0 Å². The first kappa shape index (κ1) is 45.7. The standard InChI is InChI=1S/C60H104N2/c1-5-13-45(14-6-1)49-21-33-55(34-22-49)61(56-35-23-50(24-36-56)46-15-7-2-8-16-46)59-41-29-53(30-42-59)54-31-43-60(44-32-54)62(57-37-25-51(26-38-57)47-17-9-3-10-18-47)58-39-27-52(28-40-58)48-19-11-4-12-20-48/h45-60H,1-44H2. The first-order chi connectivity index (χ1) is 30.7. The highest BCUT2D eigenvalue weighted by atomic mass is 15.2. The summed E-state index contributed by atoms with van der Waals surface area (Å²) in [6.45, 7) is 0. The van der Waals surface area contributed by atoms with E-state index in [1.165, 1.54) is 77.0 Å². The predicted molar refractivity (Wildman–Crippen MR) is 264 cm³/mol. The van der Waals surface area contributed by atoms with Crippen molar-refractivity contribution in [2.75, 3.05) is 0 Å². The monoisotopic (exact) mass is 853 g/mol. The predicted octanol–water partition coefficient (Wildman–Crippen LogP) is 17.3. The van der Waals surface area contributed by atoms with Gasteiger partial charge in [-0.2, -0.15) is 0 Å². The van der Waals surface area contributed by atoms with Gasteiger partial charge in [0.25, 0.3) is 0 Å². The van der Waals surface area contributed by atoms with Crippen molar-refractivity contribution in [2.45, 2.75) is 319 Å². The van der Waals surface area contributed by atoms with Crippen LogP contribution in [0, 0.1) is 59.2 Å². The van der Waals surface area contributed by atoms with Crippen LogP contribution in [-0.4, -0.2) is 46.1 Å². The van der Waals surface area contributed by atoms with E-state index in [9.17, 15) is 0 Å². The third-order valence-corrected chi connectivity index (χ3v) is 22.9. The highest BCUT2D eigenvalue weighted by molar-refractivity contribution is 4.98. The Labute approximate surface area is 386 Å². The summed E-state index contributed by atoms with van der Waals surface area (Å²) in [5.74, 6) is 10.7. The molecule has 10 aliphatic carbocycles. The molecule has 10 fully saturated rings. The molecule has 0 radical (unpaired) electrons. The van der Waals surface area contributed by atoms with Gasteiger partial charge >= 0.3 is 0 Å². The van der Waals surface area contributed by atoms with E-state index in [1.807, 2.05) is 0 Å². The van der Waals surface area contributed by atoms with Gasteiger partial charge in [-0.15, -0.1) is 0 Å². The fourth-order valence-electron chi connectivity index (χ4n) is 19.4. The Morgan fingerprint density at radius 1 is 0.129 bits per heavy atom. The van der Waals surface area contributed by atoms with Crippen LogP contribution in [-0.2, 0) is 0 Å². The molecule has 0 aromatic carbocycles. The molecule has 0 atom stereocenters. The fraction of sp³-hybridized carbons (Fsp3) is 1.00. The van der Waals surface area contributed by atoms with E-state index in [0.717, 1.165) is 95.4 Å². The molecule has 354 valence electrons. The van der Waals surface area contributed by atoms with Gasteiger partial charge in [0.1, 0.15) is 0 Å². The Morgan fingerprint density at radius 2 is 0.258 bits per heavy atom. The Kier molecular flexibility index (Phi) is 16.8. The molecule has 10 rings (SSSR count). The maximum atomic E-state index is 3.35. The summed E-state index contributed by atoms with van der Waals surface area (Å²) in [6.07, 6.45) is 68.4. The summed E-state index contributed by atoms with van der Waals surface area (Å²) in [6, 6.07) is 5.51. The van der Waals surface area contributed by atoms with Crippen LogP contribution in [0.1, 0.15) is 283 Å². The van der Waals surface area contributed by atoms with Gasteiger partial charge in [-0.1, -0.05) is 128 Å². The van der Waals surface area contributed by atoms with Crippen LogP contribution in [0.2, 0.25) is 0 Å². The van der Waals surface area contributed by atoms with Crippen molar-refractivity contribution in [3.05, 3.63) is 0 Å². The zero-order valence-corrected chi connectivity index (χ0v) is 41.2. The van der Waals surface area contributed by atoms with E-state index in [-0.39, 0.29) is 0 Å². The van der Waals surface area contributed by atoms with Crippen molar-refractivity contribution < 1.29 is 0 Å². The van der Waals surface area contributed by atoms with Crippen molar-refractivity contribution in [3.63, 3.8) is 0 Å². The quantitative estimate of drug-likeness (QED) is 0.204. The molecule has 2 nitrogen and oxygen atoms in total. The van der Waals surface area contributed by atoms with Gasteiger partial charge in [-0.3, -0.25) is 9.80 Å². The second kappa shape index (κ2) is 22.8. The maximum Gasteiger partial charge on any atom is 0.0101 e. The molecule has 0 saturated heterocycles. The second-order valence-corrected chi connectivity index (χ2v) is 25.9. The third-order valence-electron chi connectivity index (χ3n) is 22.9.